The highest BCUT2D eigenvalue weighted by Crippen LogP contribution is 2.18. The van der Waals surface area contributed by atoms with E-state index in [2.05, 4.69) is 15.5 Å². The van der Waals surface area contributed by atoms with E-state index in [-0.39, 0.29) is 11.6 Å². The summed E-state index contributed by atoms with van der Waals surface area (Å²) in [5, 5.41) is 4.07. The fourth-order valence-electron chi connectivity index (χ4n) is 1.55. The van der Waals surface area contributed by atoms with E-state index in [1.807, 2.05) is 0 Å². The number of hydrogen-bond donors (Lipinski definition) is 2. The molecule has 2 rings (SSSR count). The molecule has 0 aliphatic rings. The van der Waals surface area contributed by atoms with Crippen LogP contribution in [0.15, 0.2) is 12.1 Å². The number of pyridine rings is 1. The van der Waals surface area contributed by atoms with Crippen molar-refractivity contribution in [3.05, 3.63) is 35.2 Å². The van der Waals surface area contributed by atoms with Crippen LogP contribution in [0.1, 0.15) is 11.4 Å². The number of hydrogen-bond acceptors (Lipinski definition) is 4. The van der Waals surface area contributed by atoms with Crippen molar-refractivity contribution in [2.75, 3.05) is 5.43 Å². The van der Waals surface area contributed by atoms with E-state index in [0.717, 1.165) is 5.69 Å². The van der Waals surface area contributed by atoms with Gasteiger partial charge in [-0.05, 0) is 19.9 Å². The standard InChI is InChI=1S/C10H11F2N5/c1-5-3-6(2)17(16-5)10-8(12)4-7(11)9(14-10)15-13/h3-4H,13H2,1-2H3,(H,14,15). The predicted molar refractivity (Wildman–Crippen MR) is 58.6 cm³/mol. The van der Waals surface area contributed by atoms with Crippen molar-refractivity contribution in [2.45, 2.75) is 13.8 Å². The molecule has 0 fully saturated rings. The van der Waals surface area contributed by atoms with Gasteiger partial charge in [-0.3, -0.25) is 0 Å². The summed E-state index contributed by atoms with van der Waals surface area (Å²) >= 11 is 0. The highest BCUT2D eigenvalue weighted by Gasteiger charge is 2.15. The molecule has 2 aromatic heterocycles. The Morgan fingerprint density at radius 3 is 2.47 bits per heavy atom. The van der Waals surface area contributed by atoms with Gasteiger partial charge >= 0.3 is 0 Å². The Balaban J connectivity index is 2.63. The monoisotopic (exact) mass is 239 g/mol. The van der Waals surface area contributed by atoms with Crippen molar-refractivity contribution < 1.29 is 8.78 Å². The van der Waals surface area contributed by atoms with Crippen LogP contribution in [-0.2, 0) is 0 Å². The van der Waals surface area contributed by atoms with Crippen molar-refractivity contribution in [1.82, 2.24) is 14.8 Å². The van der Waals surface area contributed by atoms with E-state index in [1.54, 1.807) is 19.9 Å². The van der Waals surface area contributed by atoms with Crippen LogP contribution < -0.4 is 11.3 Å². The molecule has 0 amide bonds. The van der Waals surface area contributed by atoms with E-state index >= 15 is 0 Å². The molecule has 0 aliphatic heterocycles. The number of nitrogens with zero attached hydrogens (tertiary/aromatic N) is 3. The molecule has 0 spiro atoms. The highest BCUT2D eigenvalue weighted by molar-refractivity contribution is 5.41. The van der Waals surface area contributed by atoms with Crippen LogP contribution in [0.5, 0.6) is 0 Å². The Labute approximate surface area is 96.2 Å². The highest BCUT2D eigenvalue weighted by atomic mass is 19.1. The second-order valence-corrected chi connectivity index (χ2v) is 3.61. The maximum absolute atomic E-state index is 13.6. The maximum Gasteiger partial charge on any atom is 0.192 e. The van der Waals surface area contributed by atoms with Gasteiger partial charge in [0.25, 0.3) is 0 Å². The number of nitrogens with two attached hydrogens (primary N) is 1. The molecule has 0 aliphatic carbocycles. The molecule has 0 aromatic carbocycles. The van der Waals surface area contributed by atoms with Gasteiger partial charge in [0.2, 0.25) is 0 Å². The molecule has 90 valence electrons. The minimum absolute atomic E-state index is 0.0926. The summed E-state index contributed by atoms with van der Waals surface area (Å²) in [5.41, 5.74) is 3.48. The van der Waals surface area contributed by atoms with E-state index in [0.29, 0.717) is 11.8 Å². The van der Waals surface area contributed by atoms with Gasteiger partial charge in [-0.1, -0.05) is 0 Å². The molecule has 0 radical (unpaired) electrons. The third-order valence-corrected chi connectivity index (χ3v) is 2.26. The third-order valence-electron chi connectivity index (χ3n) is 2.26. The molecular weight excluding hydrogens is 228 g/mol. The lowest BCUT2D eigenvalue weighted by Gasteiger charge is -2.08. The van der Waals surface area contributed by atoms with Crippen molar-refractivity contribution in [3.8, 4) is 5.82 Å². The summed E-state index contributed by atoms with van der Waals surface area (Å²) in [6.45, 7) is 3.52. The SMILES string of the molecule is Cc1cc(C)n(-c2nc(NN)c(F)cc2F)n1. The lowest BCUT2D eigenvalue weighted by Crippen LogP contribution is -2.14. The molecule has 2 heterocycles. The molecule has 0 saturated carbocycles. The summed E-state index contributed by atoms with van der Waals surface area (Å²) < 4.78 is 28.1. The molecule has 2 aromatic rings. The van der Waals surface area contributed by atoms with Crippen molar-refractivity contribution in [1.29, 1.82) is 0 Å². The van der Waals surface area contributed by atoms with Gasteiger partial charge in [0.15, 0.2) is 23.3 Å². The van der Waals surface area contributed by atoms with Crippen LogP contribution in [0.25, 0.3) is 5.82 Å². The van der Waals surface area contributed by atoms with E-state index < -0.39 is 11.6 Å². The Morgan fingerprint density at radius 1 is 1.24 bits per heavy atom. The summed E-state index contributed by atoms with van der Waals surface area (Å²) in [5.74, 6) is 3.12. The van der Waals surface area contributed by atoms with Crippen LogP contribution >= 0.6 is 0 Å². The Hall–Kier alpha value is -2.02. The average molecular weight is 239 g/mol. The first-order valence-electron chi connectivity index (χ1n) is 4.89. The summed E-state index contributed by atoms with van der Waals surface area (Å²) in [7, 11) is 0. The number of rotatable bonds is 2. The number of halogens is 2. The van der Waals surface area contributed by atoms with Gasteiger partial charge < -0.3 is 5.43 Å². The number of hydrazine groups is 1. The fourth-order valence-corrected chi connectivity index (χ4v) is 1.55. The zero-order valence-corrected chi connectivity index (χ0v) is 9.33. The maximum atomic E-state index is 13.6. The van der Waals surface area contributed by atoms with Crippen molar-refractivity contribution in [2.24, 2.45) is 5.84 Å². The minimum Gasteiger partial charge on any atom is -0.306 e. The normalized spacial score (nSPS) is 10.6. The number of anilines is 1. The quantitative estimate of drug-likeness (QED) is 0.614. The number of aryl methyl sites for hydroxylation is 2. The van der Waals surface area contributed by atoms with Gasteiger partial charge in [-0.15, -0.1) is 0 Å². The molecule has 0 bridgehead atoms. The summed E-state index contributed by atoms with van der Waals surface area (Å²) in [6.07, 6.45) is 0. The molecule has 0 unspecified atom stereocenters. The topological polar surface area (TPSA) is 68.8 Å². The summed E-state index contributed by atoms with van der Waals surface area (Å²) in [6, 6.07) is 2.48. The summed E-state index contributed by atoms with van der Waals surface area (Å²) in [4.78, 5) is 3.75. The fraction of sp³-hybridized carbons (Fsp3) is 0.200. The predicted octanol–water partition coefficient (Wildman–Crippen LogP) is 1.45. The Morgan fingerprint density at radius 2 is 1.94 bits per heavy atom. The molecular formula is C10H11F2N5. The first-order chi connectivity index (χ1) is 8.02. The second kappa shape index (κ2) is 4.10. The van der Waals surface area contributed by atoms with Gasteiger partial charge in [0.05, 0.1) is 5.69 Å². The van der Waals surface area contributed by atoms with Crippen molar-refractivity contribution in [3.63, 3.8) is 0 Å². The molecule has 17 heavy (non-hydrogen) atoms. The van der Waals surface area contributed by atoms with E-state index in [1.165, 1.54) is 4.68 Å². The van der Waals surface area contributed by atoms with Gasteiger partial charge in [-0.2, -0.15) is 5.10 Å². The molecule has 0 saturated heterocycles. The van der Waals surface area contributed by atoms with Crippen LogP contribution in [0, 0.1) is 25.5 Å². The Kier molecular flexibility index (Phi) is 2.76. The Bertz CT molecular complexity index is 564. The minimum atomic E-state index is -0.852. The van der Waals surface area contributed by atoms with E-state index in [9.17, 15) is 8.78 Å². The molecule has 5 nitrogen and oxygen atoms in total. The van der Waals surface area contributed by atoms with Crippen LogP contribution in [0.4, 0.5) is 14.6 Å². The first kappa shape index (κ1) is 11.5. The number of nitrogen functional groups attached to an aromatic ring is 1. The van der Waals surface area contributed by atoms with Crippen LogP contribution in [0.3, 0.4) is 0 Å². The lowest BCUT2D eigenvalue weighted by atomic mass is 10.3. The number of aromatic nitrogens is 3. The lowest BCUT2D eigenvalue weighted by molar-refractivity contribution is 0.561. The van der Waals surface area contributed by atoms with Crippen LogP contribution in [0.2, 0.25) is 0 Å². The second-order valence-electron chi connectivity index (χ2n) is 3.61. The van der Waals surface area contributed by atoms with Gasteiger partial charge in [0.1, 0.15) is 0 Å². The third kappa shape index (κ3) is 1.96. The zero-order chi connectivity index (χ0) is 12.6. The molecule has 0 atom stereocenters. The molecule has 7 heteroatoms. The van der Waals surface area contributed by atoms with Crippen molar-refractivity contribution >= 4 is 5.82 Å². The number of nitrogens with one attached hydrogen (secondary N) is 1. The zero-order valence-electron chi connectivity index (χ0n) is 9.33. The largest absolute Gasteiger partial charge is 0.306 e. The molecule has 3 N–H and O–H groups in total. The van der Waals surface area contributed by atoms with Gasteiger partial charge in [-0.25, -0.2) is 24.3 Å². The average Bonchev–Trinajstić information content (AvgIpc) is 2.58. The first-order valence-corrected chi connectivity index (χ1v) is 4.89. The smallest absolute Gasteiger partial charge is 0.192 e. The van der Waals surface area contributed by atoms with Gasteiger partial charge in [0, 0.05) is 11.8 Å². The van der Waals surface area contributed by atoms with E-state index in [4.69, 9.17) is 5.84 Å². The van der Waals surface area contributed by atoms with Crippen LogP contribution in [-0.4, -0.2) is 14.8 Å².